The first-order valence-corrected chi connectivity index (χ1v) is 10.2. The molecule has 1 aliphatic heterocycles. The Hall–Kier alpha value is -2.76. The fourth-order valence-corrected chi connectivity index (χ4v) is 4.43. The number of nitrogens with zero attached hydrogens (tertiary/aromatic N) is 3. The molecule has 2 aliphatic rings. The van der Waals surface area contributed by atoms with Crippen molar-refractivity contribution in [2.75, 3.05) is 6.54 Å². The van der Waals surface area contributed by atoms with Gasteiger partial charge in [-0.05, 0) is 24.1 Å². The van der Waals surface area contributed by atoms with Crippen molar-refractivity contribution in [3.05, 3.63) is 40.3 Å². The number of nitrogens with two attached hydrogens (primary N) is 1. The van der Waals surface area contributed by atoms with Crippen LogP contribution in [0.2, 0.25) is 5.02 Å². The Labute approximate surface area is 188 Å². The SMILES string of the molecule is NC(=O)c1c(-c2ccc(F)c(Cl)c2)nn2c1CN(C(=O)CC1CC(F)(F)C1)CC2C(F)(F)F. The van der Waals surface area contributed by atoms with Crippen molar-refractivity contribution in [2.24, 2.45) is 11.7 Å². The number of carbonyl (C=O) groups is 2. The summed E-state index contributed by atoms with van der Waals surface area (Å²) in [7, 11) is 0. The summed E-state index contributed by atoms with van der Waals surface area (Å²) in [6.07, 6.45) is -6.19. The lowest BCUT2D eigenvalue weighted by Crippen LogP contribution is -2.48. The highest BCUT2D eigenvalue weighted by atomic mass is 35.5. The smallest absolute Gasteiger partial charge is 0.365 e. The third-order valence-electron chi connectivity index (χ3n) is 5.85. The first-order valence-electron chi connectivity index (χ1n) is 9.86. The second-order valence-electron chi connectivity index (χ2n) is 8.27. The van der Waals surface area contributed by atoms with E-state index in [2.05, 4.69) is 5.10 Å². The lowest BCUT2D eigenvalue weighted by Gasteiger charge is -2.38. The van der Waals surface area contributed by atoms with Gasteiger partial charge in [0, 0.05) is 24.8 Å². The van der Waals surface area contributed by atoms with Gasteiger partial charge in [-0.25, -0.2) is 13.2 Å². The summed E-state index contributed by atoms with van der Waals surface area (Å²) in [4.78, 5) is 25.7. The van der Waals surface area contributed by atoms with Crippen LogP contribution >= 0.6 is 11.6 Å². The number of benzene rings is 1. The van der Waals surface area contributed by atoms with Crippen LogP contribution in [0.1, 0.15) is 41.4 Å². The molecule has 1 unspecified atom stereocenters. The number of alkyl halides is 5. The molecule has 2 aromatic rings. The van der Waals surface area contributed by atoms with E-state index < -0.39 is 67.6 Å². The lowest BCUT2D eigenvalue weighted by molar-refractivity contribution is -0.182. The Morgan fingerprint density at radius 2 is 1.91 bits per heavy atom. The Morgan fingerprint density at radius 1 is 1.24 bits per heavy atom. The average Bonchev–Trinajstić information content (AvgIpc) is 3.06. The number of fused-ring (bicyclic) bond motifs is 1. The zero-order valence-electron chi connectivity index (χ0n) is 16.8. The van der Waals surface area contributed by atoms with Crippen LogP contribution in [0.15, 0.2) is 18.2 Å². The van der Waals surface area contributed by atoms with Gasteiger partial charge in [-0.2, -0.15) is 18.3 Å². The summed E-state index contributed by atoms with van der Waals surface area (Å²) < 4.78 is 81.9. The molecule has 1 aromatic carbocycles. The molecule has 1 aliphatic carbocycles. The van der Waals surface area contributed by atoms with Crippen LogP contribution in [0.3, 0.4) is 0 Å². The third kappa shape index (κ3) is 4.40. The summed E-state index contributed by atoms with van der Waals surface area (Å²) in [5.41, 5.74) is 4.65. The maximum absolute atomic E-state index is 13.9. The monoisotopic (exact) mass is 494 g/mol. The quantitative estimate of drug-likeness (QED) is 0.643. The molecule has 13 heteroatoms. The van der Waals surface area contributed by atoms with Crippen LogP contribution in [0.25, 0.3) is 11.3 Å². The number of hydrogen-bond donors (Lipinski definition) is 1. The number of amides is 2. The molecule has 1 saturated carbocycles. The number of rotatable bonds is 4. The summed E-state index contributed by atoms with van der Waals surface area (Å²) in [5.74, 6) is -6.11. The topological polar surface area (TPSA) is 81.2 Å². The second-order valence-corrected chi connectivity index (χ2v) is 8.68. The Morgan fingerprint density at radius 3 is 2.45 bits per heavy atom. The largest absolute Gasteiger partial charge is 0.412 e. The Balaban J connectivity index is 1.74. The highest BCUT2D eigenvalue weighted by molar-refractivity contribution is 6.31. The van der Waals surface area contributed by atoms with E-state index in [0.29, 0.717) is 4.68 Å². The van der Waals surface area contributed by atoms with Gasteiger partial charge in [-0.15, -0.1) is 0 Å². The van der Waals surface area contributed by atoms with Crippen LogP contribution in [0.4, 0.5) is 26.3 Å². The van der Waals surface area contributed by atoms with Crippen LogP contribution in [0.5, 0.6) is 0 Å². The lowest BCUT2D eigenvalue weighted by atomic mass is 9.79. The molecule has 2 N–H and O–H groups in total. The highest BCUT2D eigenvalue weighted by Gasteiger charge is 2.50. The van der Waals surface area contributed by atoms with Crippen LogP contribution in [-0.2, 0) is 11.3 Å². The fourth-order valence-electron chi connectivity index (χ4n) is 4.25. The molecule has 178 valence electrons. The van der Waals surface area contributed by atoms with Gasteiger partial charge >= 0.3 is 6.18 Å². The zero-order chi connectivity index (χ0) is 24.3. The van der Waals surface area contributed by atoms with E-state index in [1.165, 1.54) is 6.07 Å². The van der Waals surface area contributed by atoms with Gasteiger partial charge in [0.2, 0.25) is 11.8 Å². The molecule has 0 spiro atoms. The van der Waals surface area contributed by atoms with Gasteiger partial charge in [-0.3, -0.25) is 14.3 Å². The third-order valence-corrected chi connectivity index (χ3v) is 6.14. The van der Waals surface area contributed by atoms with Gasteiger partial charge < -0.3 is 10.6 Å². The molecule has 2 amide bonds. The van der Waals surface area contributed by atoms with Crippen LogP contribution in [0, 0.1) is 11.7 Å². The van der Waals surface area contributed by atoms with Crippen molar-refractivity contribution >= 4 is 23.4 Å². The molecule has 0 saturated heterocycles. The van der Waals surface area contributed by atoms with Crippen molar-refractivity contribution in [1.29, 1.82) is 0 Å². The Bertz CT molecular complexity index is 1120. The minimum Gasteiger partial charge on any atom is -0.365 e. The predicted octanol–water partition coefficient (Wildman–Crippen LogP) is 4.32. The van der Waals surface area contributed by atoms with Crippen molar-refractivity contribution in [3.63, 3.8) is 0 Å². The minimum atomic E-state index is -4.85. The molecule has 1 atom stereocenters. The minimum absolute atomic E-state index is 0.0626. The van der Waals surface area contributed by atoms with E-state index in [1.54, 1.807) is 0 Å². The van der Waals surface area contributed by atoms with Gasteiger partial charge in [0.1, 0.15) is 11.5 Å². The first-order chi connectivity index (χ1) is 15.3. The summed E-state index contributed by atoms with van der Waals surface area (Å²) in [5, 5.41) is 3.60. The second kappa shape index (κ2) is 7.93. The zero-order valence-corrected chi connectivity index (χ0v) is 17.6. The molecular formula is C20H17ClF6N4O2. The number of hydrogen-bond acceptors (Lipinski definition) is 3. The standard InChI is InChI=1S/C20H17ClF6N4O2/c21-11-4-10(1-2-12(11)22)17-16(18(28)33)13-7-30(8-14(20(25,26)27)31(13)29-17)15(32)3-9-5-19(23,24)6-9/h1-2,4,9,14H,3,5-8H2,(H2,28,33). The number of halogens is 7. The van der Waals surface area contributed by atoms with E-state index in [1.807, 2.05) is 0 Å². The highest BCUT2D eigenvalue weighted by Crippen LogP contribution is 2.45. The van der Waals surface area contributed by atoms with E-state index in [4.69, 9.17) is 17.3 Å². The molecule has 4 rings (SSSR count). The average molecular weight is 495 g/mol. The summed E-state index contributed by atoms with van der Waals surface area (Å²) in [6.45, 7) is -1.23. The number of primary amides is 1. The molecular weight excluding hydrogens is 478 g/mol. The predicted molar refractivity (Wildman–Crippen MR) is 104 cm³/mol. The molecule has 2 heterocycles. The number of carbonyl (C=O) groups excluding carboxylic acids is 2. The molecule has 6 nitrogen and oxygen atoms in total. The van der Waals surface area contributed by atoms with Crippen LogP contribution in [-0.4, -0.2) is 45.1 Å². The molecule has 0 bridgehead atoms. The summed E-state index contributed by atoms with van der Waals surface area (Å²) in [6, 6.07) is 0.951. The van der Waals surface area contributed by atoms with Gasteiger partial charge in [0.25, 0.3) is 5.91 Å². The van der Waals surface area contributed by atoms with Gasteiger partial charge in [0.05, 0.1) is 29.4 Å². The first kappa shape index (κ1) is 23.4. The molecule has 1 aromatic heterocycles. The van der Waals surface area contributed by atoms with Gasteiger partial charge in [-0.1, -0.05) is 11.6 Å². The van der Waals surface area contributed by atoms with Crippen molar-refractivity contribution in [1.82, 2.24) is 14.7 Å². The molecule has 33 heavy (non-hydrogen) atoms. The van der Waals surface area contributed by atoms with Crippen molar-refractivity contribution < 1.29 is 35.9 Å². The Kier molecular flexibility index (Phi) is 5.62. The van der Waals surface area contributed by atoms with Crippen molar-refractivity contribution in [2.45, 2.75) is 43.9 Å². The van der Waals surface area contributed by atoms with Crippen molar-refractivity contribution in [3.8, 4) is 11.3 Å². The van der Waals surface area contributed by atoms with E-state index >= 15 is 0 Å². The van der Waals surface area contributed by atoms with E-state index in [-0.39, 0.29) is 34.0 Å². The number of aromatic nitrogens is 2. The summed E-state index contributed by atoms with van der Waals surface area (Å²) >= 11 is 5.76. The normalized spacial score (nSPS) is 20.3. The van der Waals surface area contributed by atoms with Gasteiger partial charge in [0.15, 0.2) is 6.04 Å². The maximum Gasteiger partial charge on any atom is 0.412 e. The van der Waals surface area contributed by atoms with E-state index in [0.717, 1.165) is 17.0 Å². The fraction of sp³-hybridized carbons (Fsp3) is 0.450. The van der Waals surface area contributed by atoms with Crippen LogP contribution < -0.4 is 5.73 Å². The maximum atomic E-state index is 13.9. The molecule has 0 radical (unpaired) electrons. The van der Waals surface area contributed by atoms with E-state index in [9.17, 15) is 35.9 Å². The molecule has 1 fully saturated rings.